The van der Waals surface area contributed by atoms with Crippen LogP contribution in [0.5, 0.6) is 0 Å². The van der Waals surface area contributed by atoms with Gasteiger partial charge < -0.3 is 0 Å². The predicted octanol–water partition coefficient (Wildman–Crippen LogP) is 8.10. The summed E-state index contributed by atoms with van der Waals surface area (Å²) in [5.74, 6) is 0. The molecule has 1 saturated heterocycles. The van der Waals surface area contributed by atoms with Crippen LogP contribution in [0.2, 0.25) is 0 Å². The van der Waals surface area contributed by atoms with Gasteiger partial charge in [0.05, 0.1) is 0 Å². The first-order valence-electron chi connectivity index (χ1n) is 13.8. The van der Waals surface area contributed by atoms with Crippen molar-refractivity contribution in [2.24, 2.45) is 0 Å². The number of unbranched alkanes of at least 4 members (excludes halogenated alkanes) is 4. The molecule has 4 heteroatoms. The molecule has 1 heterocycles. The van der Waals surface area contributed by atoms with Crippen LogP contribution in [0, 0.1) is 0 Å². The second-order valence-electron chi connectivity index (χ2n) is 10.2. The van der Waals surface area contributed by atoms with Gasteiger partial charge in [0.2, 0.25) is 0 Å². The molecule has 1 aliphatic rings. The Morgan fingerprint density at radius 3 is 1.75 bits per heavy atom. The van der Waals surface area contributed by atoms with E-state index in [1.54, 1.807) is 0 Å². The molecule has 0 spiro atoms. The molecule has 3 aromatic rings. The summed E-state index contributed by atoms with van der Waals surface area (Å²) in [5, 5.41) is 1.47. The zero-order valence-corrected chi connectivity index (χ0v) is 24.2. The van der Waals surface area contributed by atoms with Crippen LogP contribution in [0.1, 0.15) is 64.7 Å². The predicted molar refractivity (Wildman–Crippen MR) is 161 cm³/mol. The monoisotopic (exact) mass is 568 g/mol. The van der Waals surface area contributed by atoms with Crippen molar-refractivity contribution in [3.05, 3.63) is 91.0 Å². The van der Waals surface area contributed by atoms with Gasteiger partial charge in [-0.15, -0.1) is 0 Å². The summed E-state index contributed by atoms with van der Waals surface area (Å²) < 4.78 is 11.8. The first-order valence-corrected chi connectivity index (χ1v) is 18.2. The van der Waals surface area contributed by atoms with Gasteiger partial charge in [-0.1, -0.05) is 0 Å². The summed E-state index contributed by atoms with van der Waals surface area (Å²) in [6.07, 6.45) is 12.2. The zero-order chi connectivity index (χ0) is 25.1. The van der Waals surface area contributed by atoms with E-state index in [0.29, 0.717) is 0 Å². The number of benzene rings is 3. The fourth-order valence-corrected chi connectivity index (χ4v) is 13.3. The van der Waals surface area contributed by atoms with Gasteiger partial charge in [0.15, 0.2) is 0 Å². The van der Waals surface area contributed by atoms with E-state index in [-0.39, 0.29) is 12.4 Å². The van der Waals surface area contributed by atoms with Crippen molar-refractivity contribution in [2.45, 2.75) is 77.1 Å². The molecule has 0 N–H and O–H groups in total. The van der Waals surface area contributed by atoms with E-state index in [9.17, 15) is 0 Å². The molecule has 4 rings (SSSR count). The third kappa shape index (κ3) is 6.48. The third-order valence-electron chi connectivity index (χ3n) is 7.59. The van der Waals surface area contributed by atoms with Crippen LogP contribution in [-0.4, -0.2) is 25.2 Å². The molecule has 3 aromatic carbocycles. The van der Waals surface area contributed by atoms with E-state index in [4.69, 9.17) is 9.47 Å². The standard InChI is InChI=1S/C32H42BrO2P/c1-28(35-32-25-15-16-26-34-32)18-8-3-2-4-17-27-36(33,29-19-9-5-10-20-29,30-21-11-6-12-22-30)31-23-13-7-14-24-31/h5-7,9-14,19-24,28,32H,2-4,8,15-18,25-27H2,1H3. The zero-order valence-electron chi connectivity index (χ0n) is 21.7. The normalized spacial score (nSPS) is 18.3. The molecule has 0 radical (unpaired) electrons. The van der Waals surface area contributed by atoms with Crippen LogP contribution in [0.25, 0.3) is 0 Å². The van der Waals surface area contributed by atoms with E-state index in [1.165, 1.54) is 60.9 Å². The fourth-order valence-electron chi connectivity index (χ4n) is 5.57. The molecular weight excluding hydrogens is 527 g/mol. The summed E-state index contributed by atoms with van der Waals surface area (Å²) in [6.45, 7) is 3.05. The first-order chi connectivity index (χ1) is 17.6. The molecule has 2 nitrogen and oxygen atoms in total. The van der Waals surface area contributed by atoms with Gasteiger partial charge in [-0.3, -0.25) is 0 Å². The molecule has 0 saturated carbocycles. The molecule has 2 atom stereocenters. The Balaban J connectivity index is 1.40. The van der Waals surface area contributed by atoms with E-state index >= 15 is 0 Å². The summed E-state index contributed by atoms with van der Waals surface area (Å²) >= 11 is 4.57. The molecule has 194 valence electrons. The number of hydrogen-bond donors (Lipinski definition) is 0. The van der Waals surface area contributed by atoms with Crippen molar-refractivity contribution in [2.75, 3.05) is 12.8 Å². The van der Waals surface area contributed by atoms with Gasteiger partial charge in [0.25, 0.3) is 0 Å². The maximum atomic E-state index is 6.10. The van der Waals surface area contributed by atoms with Gasteiger partial charge in [0.1, 0.15) is 0 Å². The van der Waals surface area contributed by atoms with Crippen molar-refractivity contribution >= 4 is 36.7 Å². The number of halogens is 1. The Labute approximate surface area is 226 Å². The molecule has 1 aliphatic heterocycles. The quantitative estimate of drug-likeness (QED) is 0.153. The topological polar surface area (TPSA) is 18.5 Å². The molecule has 36 heavy (non-hydrogen) atoms. The molecule has 0 bridgehead atoms. The summed E-state index contributed by atoms with van der Waals surface area (Å²) in [4.78, 5) is 0. The maximum absolute atomic E-state index is 6.10. The van der Waals surface area contributed by atoms with Crippen molar-refractivity contribution in [3.8, 4) is 0 Å². The van der Waals surface area contributed by atoms with Gasteiger partial charge >= 0.3 is 221 Å². The summed E-state index contributed by atoms with van der Waals surface area (Å²) in [5.41, 5.74) is 0. The third-order valence-corrected chi connectivity index (χ3v) is 17.6. The van der Waals surface area contributed by atoms with Gasteiger partial charge in [-0.05, 0) is 6.42 Å². The van der Waals surface area contributed by atoms with Gasteiger partial charge in [-0.2, -0.15) is 0 Å². The van der Waals surface area contributed by atoms with Crippen LogP contribution >= 0.6 is 20.8 Å². The summed E-state index contributed by atoms with van der Waals surface area (Å²) in [7, 11) is 0. The van der Waals surface area contributed by atoms with Crippen molar-refractivity contribution in [1.82, 2.24) is 0 Å². The van der Waals surface area contributed by atoms with Crippen LogP contribution in [0.15, 0.2) is 91.0 Å². The van der Waals surface area contributed by atoms with Crippen LogP contribution in [0.3, 0.4) is 0 Å². The van der Waals surface area contributed by atoms with Crippen molar-refractivity contribution < 1.29 is 9.47 Å². The second kappa shape index (κ2) is 13.3. The molecule has 0 amide bonds. The Morgan fingerprint density at radius 1 is 0.750 bits per heavy atom. The first kappa shape index (κ1) is 27.5. The molecule has 1 fully saturated rings. The molecule has 0 aliphatic carbocycles. The minimum atomic E-state index is -2.77. The molecule has 2 unspecified atom stereocenters. The fraction of sp³-hybridized carbons (Fsp3) is 0.438. The average Bonchev–Trinajstić information content (AvgIpc) is 2.94. The van der Waals surface area contributed by atoms with Crippen molar-refractivity contribution in [3.63, 3.8) is 0 Å². The minimum absolute atomic E-state index is 0.0237. The Bertz CT molecular complexity index is 922. The average molecular weight is 570 g/mol. The number of rotatable bonds is 13. The summed E-state index contributed by atoms with van der Waals surface area (Å²) in [6, 6.07) is 33.4. The number of ether oxygens (including phenoxy) is 2. The Morgan fingerprint density at radius 2 is 1.25 bits per heavy atom. The molecular formula is C32H42BrO2P. The van der Waals surface area contributed by atoms with Gasteiger partial charge in [-0.25, -0.2) is 0 Å². The van der Waals surface area contributed by atoms with E-state index in [0.717, 1.165) is 25.6 Å². The van der Waals surface area contributed by atoms with E-state index in [2.05, 4.69) is 113 Å². The Kier molecular flexibility index (Phi) is 10.2. The SMILES string of the molecule is CC(CCCCCCCP(Br)(c1ccccc1)(c1ccccc1)c1ccccc1)OC1CCCCO1. The van der Waals surface area contributed by atoms with Crippen LogP contribution in [-0.2, 0) is 9.47 Å². The Hall–Kier alpha value is -1.51. The number of hydrogen-bond acceptors (Lipinski definition) is 2. The molecule has 0 aromatic heterocycles. The van der Waals surface area contributed by atoms with Crippen LogP contribution in [0.4, 0.5) is 0 Å². The van der Waals surface area contributed by atoms with E-state index < -0.39 is 5.31 Å². The van der Waals surface area contributed by atoms with Gasteiger partial charge in [0, 0.05) is 0 Å². The second-order valence-corrected chi connectivity index (χ2v) is 19.3. The van der Waals surface area contributed by atoms with Crippen LogP contribution < -0.4 is 15.9 Å². The van der Waals surface area contributed by atoms with Crippen molar-refractivity contribution in [1.29, 1.82) is 0 Å². The van der Waals surface area contributed by atoms with E-state index in [1.807, 2.05) is 0 Å².